The summed E-state index contributed by atoms with van der Waals surface area (Å²) in [6.45, 7) is 6.20. The summed E-state index contributed by atoms with van der Waals surface area (Å²) in [6.07, 6.45) is 2.27. The monoisotopic (exact) mass is 266 g/mol. The van der Waals surface area contributed by atoms with Gasteiger partial charge < -0.3 is 15.4 Å². The minimum absolute atomic E-state index is 0.168. The third-order valence-corrected chi connectivity index (χ3v) is 3.61. The normalized spacial score (nSPS) is 21.5. The largest absolute Gasteiger partial charge is 0.377 e. The lowest BCUT2D eigenvalue weighted by atomic mass is 10.0. The number of halogens is 1. The molecule has 2 atom stereocenters. The summed E-state index contributed by atoms with van der Waals surface area (Å²) >= 11 is 0. The predicted molar refractivity (Wildman–Crippen MR) is 75.9 cm³/mol. The molecule has 1 aliphatic heterocycles. The zero-order valence-corrected chi connectivity index (χ0v) is 11.7. The Morgan fingerprint density at radius 3 is 3.00 bits per heavy atom. The first-order valence-electron chi connectivity index (χ1n) is 7.04. The summed E-state index contributed by atoms with van der Waals surface area (Å²) in [6, 6.07) is 4.97. The van der Waals surface area contributed by atoms with E-state index in [1.165, 1.54) is 6.07 Å². The number of hydrogen-bond acceptors (Lipinski definition) is 3. The van der Waals surface area contributed by atoms with E-state index in [9.17, 15) is 4.39 Å². The van der Waals surface area contributed by atoms with Crippen LogP contribution in [0.5, 0.6) is 0 Å². The minimum atomic E-state index is -0.188. The van der Waals surface area contributed by atoms with Crippen LogP contribution < -0.4 is 10.6 Å². The maximum Gasteiger partial charge on any atom is 0.146 e. The van der Waals surface area contributed by atoms with Gasteiger partial charge in [-0.1, -0.05) is 12.1 Å². The van der Waals surface area contributed by atoms with Crippen molar-refractivity contribution in [3.63, 3.8) is 0 Å². The Balaban J connectivity index is 2.25. The average molecular weight is 266 g/mol. The second kappa shape index (κ2) is 6.35. The van der Waals surface area contributed by atoms with Crippen molar-refractivity contribution >= 4 is 5.69 Å². The van der Waals surface area contributed by atoms with Crippen molar-refractivity contribution in [3.8, 4) is 0 Å². The molecule has 2 rings (SSSR count). The molecular formula is C15H23FN2O. The molecule has 4 heteroatoms. The highest BCUT2D eigenvalue weighted by atomic mass is 19.1. The van der Waals surface area contributed by atoms with Crippen LogP contribution in [0.25, 0.3) is 0 Å². The van der Waals surface area contributed by atoms with Crippen molar-refractivity contribution in [2.45, 2.75) is 38.8 Å². The molecule has 0 amide bonds. The summed E-state index contributed by atoms with van der Waals surface area (Å²) < 4.78 is 19.8. The molecule has 1 heterocycles. The molecule has 0 aromatic heterocycles. The Morgan fingerprint density at radius 1 is 1.53 bits per heavy atom. The fourth-order valence-electron chi connectivity index (χ4n) is 2.75. The number of hydrogen-bond donors (Lipinski definition) is 1. The molecule has 0 radical (unpaired) electrons. The number of rotatable bonds is 4. The van der Waals surface area contributed by atoms with Gasteiger partial charge in [0.05, 0.1) is 11.8 Å². The van der Waals surface area contributed by atoms with Gasteiger partial charge in [0.25, 0.3) is 0 Å². The highest BCUT2D eigenvalue weighted by Crippen LogP contribution is 2.31. The van der Waals surface area contributed by atoms with Crippen LogP contribution in [0.2, 0.25) is 0 Å². The Bertz CT molecular complexity index is 421. The molecule has 0 aliphatic carbocycles. The second-order valence-electron chi connectivity index (χ2n) is 5.13. The highest BCUT2D eigenvalue weighted by Gasteiger charge is 2.24. The van der Waals surface area contributed by atoms with Gasteiger partial charge in [0.2, 0.25) is 0 Å². The zero-order valence-electron chi connectivity index (χ0n) is 11.7. The second-order valence-corrected chi connectivity index (χ2v) is 5.13. The Kier molecular flexibility index (Phi) is 4.77. The van der Waals surface area contributed by atoms with Crippen molar-refractivity contribution in [3.05, 3.63) is 29.6 Å². The van der Waals surface area contributed by atoms with Gasteiger partial charge in [0.15, 0.2) is 0 Å². The maximum absolute atomic E-state index is 14.2. The van der Waals surface area contributed by atoms with Crippen molar-refractivity contribution in [2.75, 3.05) is 24.6 Å². The third kappa shape index (κ3) is 3.25. The lowest BCUT2D eigenvalue weighted by Crippen LogP contribution is -2.41. The summed E-state index contributed by atoms with van der Waals surface area (Å²) in [4.78, 5) is 2.08. The molecule has 1 aromatic rings. The van der Waals surface area contributed by atoms with E-state index in [0.717, 1.165) is 31.5 Å². The van der Waals surface area contributed by atoms with E-state index in [-0.39, 0.29) is 18.0 Å². The average Bonchev–Trinajstić information content (AvgIpc) is 2.39. The van der Waals surface area contributed by atoms with Gasteiger partial charge in [-0.15, -0.1) is 0 Å². The van der Waals surface area contributed by atoms with Crippen molar-refractivity contribution in [1.29, 1.82) is 0 Å². The smallest absolute Gasteiger partial charge is 0.146 e. The summed E-state index contributed by atoms with van der Waals surface area (Å²) in [5.74, 6) is -0.188. The number of ether oxygens (including phenoxy) is 1. The highest BCUT2D eigenvalue weighted by molar-refractivity contribution is 5.56. The van der Waals surface area contributed by atoms with Crippen LogP contribution in [0, 0.1) is 5.82 Å². The van der Waals surface area contributed by atoms with E-state index in [4.69, 9.17) is 10.5 Å². The molecule has 1 aliphatic rings. The van der Waals surface area contributed by atoms with Gasteiger partial charge in [-0.05, 0) is 38.3 Å². The molecule has 106 valence electrons. The number of nitrogens with zero attached hydrogens (tertiary/aromatic N) is 1. The minimum Gasteiger partial charge on any atom is -0.377 e. The first-order chi connectivity index (χ1) is 9.13. The number of benzene rings is 1. The number of piperidine rings is 1. The molecule has 19 heavy (non-hydrogen) atoms. The van der Waals surface area contributed by atoms with Crippen molar-refractivity contribution in [2.24, 2.45) is 5.73 Å². The molecule has 1 fully saturated rings. The molecule has 1 unspecified atom stereocenters. The summed E-state index contributed by atoms with van der Waals surface area (Å²) in [5, 5.41) is 0. The molecule has 2 N–H and O–H groups in total. The van der Waals surface area contributed by atoms with Crippen LogP contribution >= 0.6 is 0 Å². The first-order valence-corrected chi connectivity index (χ1v) is 7.04. The SMILES string of the molecule is CCOC1CCCN(c2c(F)cccc2[C@H](C)N)C1. The maximum atomic E-state index is 14.2. The lowest BCUT2D eigenvalue weighted by molar-refractivity contribution is 0.0525. The van der Waals surface area contributed by atoms with Gasteiger partial charge in [0, 0.05) is 25.7 Å². The van der Waals surface area contributed by atoms with Gasteiger partial charge in [-0.25, -0.2) is 4.39 Å². The summed E-state index contributed by atoms with van der Waals surface area (Å²) in [7, 11) is 0. The molecule has 0 saturated carbocycles. The Morgan fingerprint density at radius 2 is 2.32 bits per heavy atom. The van der Waals surface area contributed by atoms with Crippen LogP contribution in [-0.4, -0.2) is 25.8 Å². The van der Waals surface area contributed by atoms with E-state index in [1.807, 2.05) is 19.9 Å². The Hall–Kier alpha value is -1.13. The third-order valence-electron chi connectivity index (χ3n) is 3.61. The number of para-hydroxylation sites is 1. The van der Waals surface area contributed by atoms with Crippen LogP contribution in [0.1, 0.15) is 38.3 Å². The van der Waals surface area contributed by atoms with Gasteiger partial charge in [-0.2, -0.15) is 0 Å². The van der Waals surface area contributed by atoms with Crippen LogP contribution in [0.15, 0.2) is 18.2 Å². The van der Waals surface area contributed by atoms with Gasteiger partial charge >= 0.3 is 0 Å². The Labute approximate surface area is 114 Å². The number of nitrogens with two attached hydrogens (primary N) is 1. The van der Waals surface area contributed by atoms with Crippen molar-refractivity contribution in [1.82, 2.24) is 0 Å². The zero-order chi connectivity index (χ0) is 13.8. The predicted octanol–water partition coefficient (Wildman–Crippen LogP) is 2.85. The van der Waals surface area contributed by atoms with Crippen LogP contribution in [0.3, 0.4) is 0 Å². The van der Waals surface area contributed by atoms with E-state index in [2.05, 4.69) is 4.90 Å². The molecule has 3 nitrogen and oxygen atoms in total. The van der Waals surface area contributed by atoms with Crippen LogP contribution in [0.4, 0.5) is 10.1 Å². The van der Waals surface area contributed by atoms with Crippen LogP contribution in [-0.2, 0) is 4.74 Å². The fourth-order valence-corrected chi connectivity index (χ4v) is 2.75. The van der Waals surface area contributed by atoms with E-state index >= 15 is 0 Å². The summed E-state index contributed by atoms with van der Waals surface area (Å²) in [5.41, 5.74) is 7.49. The van der Waals surface area contributed by atoms with E-state index in [1.54, 1.807) is 6.07 Å². The van der Waals surface area contributed by atoms with Gasteiger partial charge in [0.1, 0.15) is 5.82 Å². The quantitative estimate of drug-likeness (QED) is 0.910. The van der Waals surface area contributed by atoms with Crippen molar-refractivity contribution < 1.29 is 9.13 Å². The standard InChI is InChI=1S/C15H23FN2O/c1-3-19-12-6-5-9-18(10-12)15-13(11(2)17)7-4-8-14(15)16/h4,7-8,11-12H,3,5-6,9-10,17H2,1-2H3/t11-,12?/m0/s1. The lowest BCUT2D eigenvalue weighted by Gasteiger charge is -2.36. The van der Waals surface area contributed by atoms with Gasteiger partial charge in [-0.3, -0.25) is 0 Å². The first kappa shape index (κ1) is 14.3. The van der Waals surface area contributed by atoms with E-state index in [0.29, 0.717) is 12.3 Å². The molecule has 0 spiro atoms. The molecule has 1 saturated heterocycles. The molecule has 1 aromatic carbocycles. The molecule has 0 bridgehead atoms. The number of anilines is 1. The topological polar surface area (TPSA) is 38.5 Å². The van der Waals surface area contributed by atoms with E-state index < -0.39 is 0 Å². The molecular weight excluding hydrogens is 243 g/mol. The fraction of sp³-hybridized carbons (Fsp3) is 0.600.